The van der Waals surface area contributed by atoms with Crippen LogP contribution in [0.1, 0.15) is 0 Å². The van der Waals surface area contributed by atoms with E-state index in [-0.39, 0.29) is 17.5 Å². The first kappa shape index (κ1) is 14.5. The SMILES string of the molecule is O=Nc1c(Nc2ccccc2)nc(Nc2ccccc2)[nH]c1=O. The summed E-state index contributed by atoms with van der Waals surface area (Å²) in [4.78, 5) is 29.7. The van der Waals surface area contributed by atoms with Gasteiger partial charge in [0.05, 0.1) is 0 Å². The van der Waals surface area contributed by atoms with Crippen molar-refractivity contribution in [2.45, 2.75) is 0 Å². The molecule has 0 aliphatic rings. The Morgan fingerprint density at radius 3 is 2.00 bits per heavy atom. The Bertz CT molecular complexity index is 863. The van der Waals surface area contributed by atoms with Crippen LogP contribution < -0.4 is 16.2 Å². The smallest absolute Gasteiger partial charge is 0.284 e. The molecule has 0 aliphatic heterocycles. The Kier molecular flexibility index (Phi) is 4.10. The summed E-state index contributed by atoms with van der Waals surface area (Å²) in [7, 11) is 0. The molecule has 0 aliphatic carbocycles. The summed E-state index contributed by atoms with van der Waals surface area (Å²) in [6.45, 7) is 0. The summed E-state index contributed by atoms with van der Waals surface area (Å²) in [6.07, 6.45) is 0. The maximum Gasteiger partial charge on any atom is 0.284 e. The molecule has 0 saturated carbocycles. The zero-order chi connectivity index (χ0) is 16.1. The minimum atomic E-state index is -0.619. The molecule has 1 heterocycles. The Hall–Kier alpha value is -3.48. The number of H-pyrrole nitrogens is 1. The number of nitroso groups, excluding NO2 is 1. The molecule has 0 saturated heterocycles. The lowest BCUT2D eigenvalue weighted by molar-refractivity contribution is 1.11. The predicted octanol–water partition coefficient (Wildman–Crippen LogP) is 3.66. The number of anilines is 4. The zero-order valence-electron chi connectivity index (χ0n) is 12.0. The van der Waals surface area contributed by atoms with Crippen LogP contribution in [-0.2, 0) is 0 Å². The fourth-order valence-electron chi connectivity index (χ4n) is 2.01. The summed E-state index contributed by atoms with van der Waals surface area (Å²) in [6, 6.07) is 18.3. The second kappa shape index (κ2) is 6.52. The maximum atomic E-state index is 12.0. The maximum absolute atomic E-state index is 12.0. The van der Waals surface area contributed by atoms with E-state index in [1.54, 1.807) is 12.1 Å². The van der Waals surface area contributed by atoms with Gasteiger partial charge in [0.15, 0.2) is 5.82 Å². The molecule has 0 unspecified atom stereocenters. The van der Waals surface area contributed by atoms with Gasteiger partial charge < -0.3 is 10.6 Å². The van der Waals surface area contributed by atoms with Gasteiger partial charge in [0, 0.05) is 11.4 Å². The van der Waals surface area contributed by atoms with Gasteiger partial charge in [-0.3, -0.25) is 9.78 Å². The van der Waals surface area contributed by atoms with Gasteiger partial charge in [-0.05, 0) is 29.4 Å². The largest absolute Gasteiger partial charge is 0.338 e. The molecule has 7 nitrogen and oxygen atoms in total. The van der Waals surface area contributed by atoms with Gasteiger partial charge in [-0.15, -0.1) is 4.91 Å². The molecule has 0 fully saturated rings. The molecule has 2 aromatic carbocycles. The molecule has 0 bridgehead atoms. The highest BCUT2D eigenvalue weighted by Crippen LogP contribution is 2.23. The molecule has 0 spiro atoms. The Morgan fingerprint density at radius 1 is 0.870 bits per heavy atom. The van der Waals surface area contributed by atoms with Crippen molar-refractivity contribution in [2.75, 3.05) is 10.6 Å². The molecule has 0 radical (unpaired) electrons. The van der Waals surface area contributed by atoms with Crippen LogP contribution in [0.15, 0.2) is 70.6 Å². The van der Waals surface area contributed by atoms with Gasteiger partial charge in [0.25, 0.3) is 5.56 Å². The van der Waals surface area contributed by atoms with Crippen molar-refractivity contribution in [2.24, 2.45) is 5.18 Å². The normalized spacial score (nSPS) is 10.1. The number of aromatic nitrogens is 2. The molecule has 1 aromatic heterocycles. The standard InChI is InChI=1S/C16H13N5O2/c22-15-13(21-23)14(17-11-7-3-1-4-8-11)19-16(20-15)18-12-9-5-2-6-10-12/h1-10H,(H3,17,18,19,20,22). The Balaban J connectivity index is 1.97. The molecule has 0 atom stereocenters. The number of rotatable bonds is 5. The van der Waals surface area contributed by atoms with Gasteiger partial charge >= 0.3 is 0 Å². The Morgan fingerprint density at radius 2 is 1.43 bits per heavy atom. The molecular weight excluding hydrogens is 294 g/mol. The average molecular weight is 307 g/mol. The van der Waals surface area contributed by atoms with E-state index in [2.05, 4.69) is 25.8 Å². The number of hydrogen-bond acceptors (Lipinski definition) is 6. The molecule has 3 aromatic rings. The quantitative estimate of drug-likeness (QED) is 0.625. The fourth-order valence-corrected chi connectivity index (χ4v) is 2.01. The monoisotopic (exact) mass is 307 g/mol. The van der Waals surface area contributed by atoms with Crippen LogP contribution in [0.4, 0.5) is 28.8 Å². The topological polar surface area (TPSA) is 99.2 Å². The van der Waals surface area contributed by atoms with Crippen molar-refractivity contribution in [3.63, 3.8) is 0 Å². The first-order chi connectivity index (χ1) is 11.3. The Labute approximate surface area is 131 Å². The van der Waals surface area contributed by atoms with Crippen LogP contribution >= 0.6 is 0 Å². The molecular formula is C16H13N5O2. The van der Waals surface area contributed by atoms with Crippen molar-refractivity contribution in [3.05, 3.63) is 75.9 Å². The van der Waals surface area contributed by atoms with E-state index in [1.165, 1.54) is 0 Å². The molecule has 114 valence electrons. The summed E-state index contributed by atoms with van der Waals surface area (Å²) in [5.74, 6) is 0.306. The lowest BCUT2D eigenvalue weighted by Gasteiger charge is -2.10. The van der Waals surface area contributed by atoms with E-state index >= 15 is 0 Å². The lowest BCUT2D eigenvalue weighted by Crippen LogP contribution is -2.13. The van der Waals surface area contributed by atoms with Crippen LogP contribution in [0.3, 0.4) is 0 Å². The first-order valence-corrected chi connectivity index (χ1v) is 6.88. The lowest BCUT2D eigenvalue weighted by atomic mass is 10.3. The van der Waals surface area contributed by atoms with Crippen LogP contribution in [0.25, 0.3) is 0 Å². The minimum Gasteiger partial charge on any atom is -0.338 e. The number of hydrogen-bond donors (Lipinski definition) is 3. The summed E-state index contributed by atoms with van der Waals surface area (Å²) >= 11 is 0. The highest BCUT2D eigenvalue weighted by Gasteiger charge is 2.13. The van der Waals surface area contributed by atoms with Crippen LogP contribution in [0.5, 0.6) is 0 Å². The molecule has 0 amide bonds. The molecule has 23 heavy (non-hydrogen) atoms. The number of benzene rings is 2. The number of nitrogens with zero attached hydrogens (tertiary/aromatic N) is 2. The number of aromatic amines is 1. The van der Waals surface area contributed by atoms with Crippen molar-refractivity contribution in [1.29, 1.82) is 0 Å². The van der Waals surface area contributed by atoms with E-state index in [0.29, 0.717) is 5.69 Å². The second-order valence-electron chi connectivity index (χ2n) is 4.69. The summed E-state index contributed by atoms with van der Waals surface area (Å²) in [5, 5.41) is 8.67. The minimum absolute atomic E-state index is 0.0911. The fraction of sp³-hybridized carbons (Fsp3) is 0. The van der Waals surface area contributed by atoms with Gasteiger partial charge in [0.2, 0.25) is 11.6 Å². The third-order valence-corrected chi connectivity index (χ3v) is 3.06. The van der Waals surface area contributed by atoms with Crippen LogP contribution in [0.2, 0.25) is 0 Å². The first-order valence-electron chi connectivity index (χ1n) is 6.88. The number of para-hydroxylation sites is 2. The van der Waals surface area contributed by atoms with E-state index in [4.69, 9.17) is 0 Å². The molecule has 3 rings (SSSR count). The van der Waals surface area contributed by atoms with Crippen molar-refractivity contribution in [3.8, 4) is 0 Å². The second-order valence-corrected chi connectivity index (χ2v) is 4.69. The van der Waals surface area contributed by atoms with Crippen molar-refractivity contribution >= 4 is 28.8 Å². The van der Waals surface area contributed by atoms with Crippen LogP contribution in [0, 0.1) is 4.91 Å². The summed E-state index contributed by atoms with van der Waals surface area (Å²) < 4.78 is 0. The third kappa shape index (κ3) is 3.41. The van der Waals surface area contributed by atoms with E-state index in [0.717, 1.165) is 5.69 Å². The molecule has 3 N–H and O–H groups in total. The highest BCUT2D eigenvalue weighted by molar-refractivity contribution is 5.69. The van der Waals surface area contributed by atoms with Gasteiger partial charge in [-0.1, -0.05) is 36.4 Å². The highest BCUT2D eigenvalue weighted by atomic mass is 16.3. The van der Waals surface area contributed by atoms with E-state index in [1.807, 2.05) is 48.5 Å². The van der Waals surface area contributed by atoms with Gasteiger partial charge in [0.1, 0.15) is 0 Å². The van der Waals surface area contributed by atoms with E-state index < -0.39 is 5.56 Å². The van der Waals surface area contributed by atoms with Crippen molar-refractivity contribution < 1.29 is 0 Å². The zero-order valence-corrected chi connectivity index (χ0v) is 12.0. The number of nitrogens with one attached hydrogen (secondary N) is 3. The molecule has 7 heteroatoms. The predicted molar refractivity (Wildman–Crippen MR) is 89.8 cm³/mol. The average Bonchev–Trinajstić information content (AvgIpc) is 2.57. The summed E-state index contributed by atoms with van der Waals surface area (Å²) in [5.41, 5.74) is 0.536. The van der Waals surface area contributed by atoms with Gasteiger partial charge in [-0.2, -0.15) is 4.98 Å². The van der Waals surface area contributed by atoms with Gasteiger partial charge in [-0.25, -0.2) is 0 Å². The third-order valence-electron chi connectivity index (χ3n) is 3.06. The van der Waals surface area contributed by atoms with Crippen molar-refractivity contribution in [1.82, 2.24) is 9.97 Å². The van der Waals surface area contributed by atoms with Crippen LogP contribution in [-0.4, -0.2) is 9.97 Å². The van der Waals surface area contributed by atoms with E-state index in [9.17, 15) is 9.70 Å².